The van der Waals surface area contributed by atoms with Crippen LogP contribution in [0.15, 0.2) is 23.6 Å². The van der Waals surface area contributed by atoms with Crippen LogP contribution in [0.2, 0.25) is 0 Å². The van der Waals surface area contributed by atoms with Crippen molar-refractivity contribution < 1.29 is 14.7 Å². The first-order valence-electron chi connectivity index (χ1n) is 6.46. The first-order valence-corrected chi connectivity index (χ1v) is 7.34. The molecule has 5 nitrogen and oxygen atoms in total. The van der Waals surface area contributed by atoms with E-state index in [2.05, 4.69) is 10.3 Å². The molecule has 1 amide bonds. The quantitative estimate of drug-likeness (QED) is 0.909. The second-order valence-electron chi connectivity index (χ2n) is 4.83. The Hall–Kier alpha value is -2.21. The van der Waals surface area contributed by atoms with Gasteiger partial charge in [0.15, 0.2) is 5.69 Å². The third-order valence-electron chi connectivity index (χ3n) is 3.37. The molecule has 1 unspecified atom stereocenters. The smallest absolute Gasteiger partial charge is 0.355 e. The van der Waals surface area contributed by atoms with Gasteiger partial charge >= 0.3 is 5.97 Å². The van der Waals surface area contributed by atoms with Crippen LogP contribution in [0.5, 0.6) is 0 Å². The van der Waals surface area contributed by atoms with Crippen LogP contribution >= 0.6 is 11.3 Å². The minimum absolute atomic E-state index is 0.0265. The molecule has 0 saturated carbocycles. The molecule has 0 aliphatic heterocycles. The van der Waals surface area contributed by atoms with Gasteiger partial charge in [-0.05, 0) is 38.0 Å². The summed E-state index contributed by atoms with van der Waals surface area (Å²) in [5, 5.41) is 13.7. The molecule has 0 bridgehead atoms. The average Bonchev–Trinajstić information content (AvgIpc) is 2.93. The summed E-state index contributed by atoms with van der Waals surface area (Å²) in [6.07, 6.45) is 0. The van der Waals surface area contributed by atoms with E-state index in [1.54, 1.807) is 6.92 Å². The molecule has 1 heterocycles. The SMILES string of the molecule is Cc1cccc(NC(=O)C(C)c2nc(C(=O)O)cs2)c1C. The van der Waals surface area contributed by atoms with E-state index in [1.165, 1.54) is 16.7 Å². The monoisotopic (exact) mass is 304 g/mol. The Morgan fingerprint density at radius 1 is 1.33 bits per heavy atom. The van der Waals surface area contributed by atoms with Crippen LogP contribution in [0.1, 0.15) is 39.5 Å². The van der Waals surface area contributed by atoms with Gasteiger partial charge in [0.2, 0.25) is 5.91 Å². The lowest BCUT2D eigenvalue weighted by atomic mass is 10.1. The number of carboxylic acids is 1. The van der Waals surface area contributed by atoms with Crippen molar-refractivity contribution in [1.82, 2.24) is 4.98 Å². The van der Waals surface area contributed by atoms with E-state index in [9.17, 15) is 9.59 Å². The van der Waals surface area contributed by atoms with Gasteiger partial charge in [-0.2, -0.15) is 0 Å². The predicted molar refractivity (Wildman–Crippen MR) is 82.0 cm³/mol. The maximum absolute atomic E-state index is 12.3. The minimum Gasteiger partial charge on any atom is -0.476 e. The van der Waals surface area contributed by atoms with Gasteiger partial charge in [0.05, 0.1) is 5.92 Å². The number of nitrogens with one attached hydrogen (secondary N) is 1. The molecule has 0 aliphatic rings. The molecule has 2 rings (SSSR count). The van der Waals surface area contributed by atoms with Crippen molar-refractivity contribution in [1.29, 1.82) is 0 Å². The van der Waals surface area contributed by atoms with Crippen LogP contribution in [0.25, 0.3) is 0 Å². The zero-order chi connectivity index (χ0) is 15.6. The fourth-order valence-electron chi connectivity index (χ4n) is 1.82. The highest BCUT2D eigenvalue weighted by atomic mass is 32.1. The van der Waals surface area contributed by atoms with E-state index in [0.29, 0.717) is 5.01 Å². The van der Waals surface area contributed by atoms with E-state index in [4.69, 9.17) is 5.11 Å². The number of aryl methyl sites for hydroxylation is 1. The Balaban J connectivity index is 2.15. The fraction of sp³-hybridized carbons (Fsp3) is 0.267. The maximum atomic E-state index is 12.3. The molecule has 0 radical (unpaired) electrons. The van der Waals surface area contributed by atoms with E-state index >= 15 is 0 Å². The zero-order valence-corrected chi connectivity index (χ0v) is 12.8. The molecule has 1 aromatic heterocycles. The van der Waals surface area contributed by atoms with Crippen LogP contribution in [0.3, 0.4) is 0 Å². The zero-order valence-electron chi connectivity index (χ0n) is 12.0. The van der Waals surface area contributed by atoms with Crippen molar-refractivity contribution in [2.24, 2.45) is 0 Å². The summed E-state index contributed by atoms with van der Waals surface area (Å²) >= 11 is 1.18. The third-order valence-corrected chi connectivity index (χ3v) is 4.39. The minimum atomic E-state index is -1.08. The van der Waals surface area contributed by atoms with Gasteiger partial charge in [0.25, 0.3) is 0 Å². The lowest BCUT2D eigenvalue weighted by molar-refractivity contribution is -0.117. The number of carbonyl (C=O) groups excluding carboxylic acids is 1. The van der Waals surface area contributed by atoms with E-state index in [1.807, 2.05) is 32.0 Å². The largest absolute Gasteiger partial charge is 0.476 e. The summed E-state index contributed by atoms with van der Waals surface area (Å²) in [7, 11) is 0. The van der Waals surface area contributed by atoms with Gasteiger partial charge in [-0.1, -0.05) is 12.1 Å². The second-order valence-corrected chi connectivity index (χ2v) is 5.72. The number of benzene rings is 1. The summed E-state index contributed by atoms with van der Waals surface area (Å²) in [5.41, 5.74) is 2.86. The van der Waals surface area contributed by atoms with Gasteiger partial charge in [0.1, 0.15) is 5.01 Å². The van der Waals surface area contributed by atoms with Crippen LogP contribution in [-0.4, -0.2) is 22.0 Å². The highest BCUT2D eigenvalue weighted by Gasteiger charge is 2.21. The van der Waals surface area contributed by atoms with Crippen molar-refractivity contribution in [3.05, 3.63) is 45.4 Å². The van der Waals surface area contributed by atoms with Gasteiger partial charge in [0, 0.05) is 11.1 Å². The fourth-order valence-corrected chi connectivity index (χ4v) is 2.67. The van der Waals surface area contributed by atoms with Crippen molar-refractivity contribution in [3.63, 3.8) is 0 Å². The summed E-state index contributed by atoms with van der Waals surface area (Å²) < 4.78 is 0. The molecule has 2 N–H and O–H groups in total. The molecular weight excluding hydrogens is 288 g/mol. The van der Waals surface area contributed by atoms with Crippen molar-refractivity contribution in [2.45, 2.75) is 26.7 Å². The van der Waals surface area contributed by atoms with E-state index in [0.717, 1.165) is 16.8 Å². The normalized spacial score (nSPS) is 12.0. The van der Waals surface area contributed by atoms with Crippen molar-refractivity contribution in [3.8, 4) is 0 Å². The summed E-state index contributed by atoms with van der Waals surface area (Å²) in [6, 6.07) is 5.71. The van der Waals surface area contributed by atoms with Crippen LogP contribution in [0.4, 0.5) is 5.69 Å². The highest BCUT2D eigenvalue weighted by molar-refractivity contribution is 7.10. The van der Waals surface area contributed by atoms with Gasteiger partial charge in [-0.25, -0.2) is 9.78 Å². The number of aromatic carboxylic acids is 1. The number of amides is 1. The number of rotatable bonds is 4. The lowest BCUT2D eigenvalue weighted by Crippen LogP contribution is -2.19. The number of nitrogens with zero attached hydrogens (tertiary/aromatic N) is 1. The number of hydrogen-bond acceptors (Lipinski definition) is 4. The van der Waals surface area contributed by atoms with Gasteiger partial charge in [-0.3, -0.25) is 4.79 Å². The average molecular weight is 304 g/mol. The first-order chi connectivity index (χ1) is 9.90. The molecule has 6 heteroatoms. The first kappa shape index (κ1) is 15.2. The molecular formula is C15H16N2O3S. The lowest BCUT2D eigenvalue weighted by Gasteiger charge is -2.13. The van der Waals surface area contributed by atoms with Crippen LogP contribution in [0, 0.1) is 13.8 Å². The number of thiazole rings is 1. The van der Waals surface area contributed by atoms with Crippen molar-refractivity contribution in [2.75, 3.05) is 5.32 Å². The number of carbonyl (C=O) groups is 2. The number of hydrogen-bond donors (Lipinski definition) is 2. The Morgan fingerprint density at radius 3 is 2.67 bits per heavy atom. The molecule has 0 aliphatic carbocycles. The maximum Gasteiger partial charge on any atom is 0.355 e. The topological polar surface area (TPSA) is 79.3 Å². The molecule has 1 aromatic carbocycles. The van der Waals surface area contributed by atoms with Gasteiger partial charge < -0.3 is 10.4 Å². The Kier molecular flexibility index (Phi) is 4.37. The Morgan fingerprint density at radius 2 is 2.05 bits per heavy atom. The number of aromatic nitrogens is 1. The molecule has 0 saturated heterocycles. The molecule has 21 heavy (non-hydrogen) atoms. The highest BCUT2D eigenvalue weighted by Crippen LogP contribution is 2.24. The predicted octanol–water partition coefficient (Wildman–Crippen LogP) is 3.20. The van der Waals surface area contributed by atoms with Crippen LogP contribution < -0.4 is 5.32 Å². The van der Waals surface area contributed by atoms with Gasteiger partial charge in [-0.15, -0.1) is 11.3 Å². The Bertz CT molecular complexity index is 694. The molecule has 0 fully saturated rings. The van der Waals surface area contributed by atoms with E-state index in [-0.39, 0.29) is 11.6 Å². The third kappa shape index (κ3) is 3.28. The van der Waals surface area contributed by atoms with E-state index < -0.39 is 11.9 Å². The number of carboxylic acid groups (broad SMARTS) is 1. The molecule has 1 atom stereocenters. The summed E-state index contributed by atoms with van der Waals surface area (Å²) in [6.45, 7) is 5.64. The standard InChI is InChI=1S/C15H16N2O3S/c1-8-5-4-6-11(9(8)2)16-13(18)10(3)14-17-12(7-21-14)15(19)20/h4-7,10H,1-3H3,(H,16,18)(H,19,20). The summed E-state index contributed by atoms with van der Waals surface area (Å²) in [4.78, 5) is 27.1. The molecule has 110 valence electrons. The van der Waals surface area contributed by atoms with Crippen molar-refractivity contribution >= 4 is 28.9 Å². The molecule has 2 aromatic rings. The molecule has 0 spiro atoms. The Labute approximate surface area is 126 Å². The van der Waals surface area contributed by atoms with Crippen LogP contribution in [-0.2, 0) is 4.79 Å². The second kappa shape index (κ2) is 6.05. The number of anilines is 1. The summed E-state index contributed by atoms with van der Waals surface area (Å²) in [5.74, 6) is -1.78.